The number of ether oxygens (including phenoxy) is 1. The molecule has 120 valence electrons. The Kier molecular flexibility index (Phi) is 8.29. The molecule has 0 aliphatic carbocycles. The van der Waals surface area contributed by atoms with Crippen LogP contribution < -0.4 is 16.2 Å². The van der Waals surface area contributed by atoms with Crippen molar-refractivity contribution in [2.24, 2.45) is 0 Å². The van der Waals surface area contributed by atoms with Crippen LogP contribution in [0.15, 0.2) is 37.1 Å². The number of hydrogen-bond acceptors (Lipinski definition) is 4. The third-order valence-corrected chi connectivity index (χ3v) is 2.75. The molecule has 0 aliphatic heterocycles. The molecule has 1 unspecified atom stereocenters. The van der Waals surface area contributed by atoms with Crippen LogP contribution in [-0.4, -0.2) is 36.2 Å². The highest BCUT2D eigenvalue weighted by Gasteiger charge is 2.13. The second-order valence-corrected chi connectivity index (χ2v) is 4.53. The van der Waals surface area contributed by atoms with Crippen molar-refractivity contribution >= 4 is 11.9 Å². The average Bonchev–Trinajstić information content (AvgIpc) is 2.53. The number of hydrazine groups is 1. The Balaban J connectivity index is 2.14. The summed E-state index contributed by atoms with van der Waals surface area (Å²) < 4.78 is 5.25. The summed E-state index contributed by atoms with van der Waals surface area (Å²) in [4.78, 5) is 27.3. The van der Waals surface area contributed by atoms with E-state index in [9.17, 15) is 9.59 Å². The van der Waals surface area contributed by atoms with E-state index in [2.05, 4.69) is 27.7 Å². The lowest BCUT2D eigenvalue weighted by molar-refractivity contribution is -0.132. The van der Waals surface area contributed by atoms with Crippen molar-refractivity contribution in [3.63, 3.8) is 0 Å². The molecule has 1 atom stereocenters. The maximum Gasteiger partial charge on any atom is 0.333 e. The largest absolute Gasteiger partial charge is 0.368 e. The van der Waals surface area contributed by atoms with Gasteiger partial charge in [-0.2, -0.15) is 0 Å². The lowest BCUT2D eigenvalue weighted by Crippen LogP contribution is -2.50. The second-order valence-electron chi connectivity index (χ2n) is 4.53. The van der Waals surface area contributed by atoms with Crippen LogP contribution >= 0.6 is 0 Å². The number of hydrogen-bond donors (Lipinski definition) is 3. The van der Waals surface area contributed by atoms with Crippen LogP contribution in [0.4, 0.5) is 4.79 Å². The van der Waals surface area contributed by atoms with E-state index in [-0.39, 0.29) is 0 Å². The lowest BCUT2D eigenvalue weighted by Gasteiger charge is -2.13. The number of pyridine rings is 1. The van der Waals surface area contributed by atoms with Gasteiger partial charge in [0.2, 0.25) is 0 Å². The maximum atomic E-state index is 11.6. The molecular weight excluding hydrogens is 284 g/mol. The first-order valence-electron chi connectivity index (χ1n) is 7.09. The third-order valence-electron chi connectivity index (χ3n) is 2.75. The summed E-state index contributed by atoms with van der Waals surface area (Å²) in [6.07, 6.45) is 4.04. The Hall–Kier alpha value is -2.41. The molecule has 22 heavy (non-hydrogen) atoms. The minimum atomic E-state index is -0.645. The van der Waals surface area contributed by atoms with Crippen molar-refractivity contribution in [3.05, 3.63) is 42.7 Å². The molecule has 3 N–H and O–H groups in total. The third kappa shape index (κ3) is 7.39. The zero-order valence-corrected chi connectivity index (χ0v) is 12.7. The van der Waals surface area contributed by atoms with E-state index in [0.717, 1.165) is 5.69 Å². The molecular formula is C15H22N4O3. The molecule has 1 aromatic heterocycles. The van der Waals surface area contributed by atoms with Crippen molar-refractivity contribution in [3.8, 4) is 0 Å². The van der Waals surface area contributed by atoms with E-state index in [0.29, 0.717) is 26.0 Å². The molecule has 0 radical (unpaired) electrons. The number of carbonyl (C=O) groups is 2. The molecule has 1 rings (SSSR count). The van der Waals surface area contributed by atoms with Gasteiger partial charge >= 0.3 is 6.03 Å². The number of nitrogens with one attached hydrogen (secondary N) is 3. The van der Waals surface area contributed by atoms with Gasteiger partial charge in [0, 0.05) is 24.9 Å². The van der Waals surface area contributed by atoms with Crippen molar-refractivity contribution in [2.45, 2.75) is 25.9 Å². The van der Waals surface area contributed by atoms with Crippen LogP contribution in [0.1, 0.15) is 19.0 Å². The summed E-state index contributed by atoms with van der Waals surface area (Å²) in [6, 6.07) is 5.11. The first-order valence-corrected chi connectivity index (χ1v) is 7.09. The Bertz CT molecular complexity index is 479. The molecule has 7 heteroatoms. The predicted molar refractivity (Wildman–Crippen MR) is 82.8 cm³/mol. The quantitative estimate of drug-likeness (QED) is 0.378. The number of urea groups is 1. The van der Waals surface area contributed by atoms with Crippen molar-refractivity contribution in [1.82, 2.24) is 21.2 Å². The Labute approximate surface area is 130 Å². The van der Waals surface area contributed by atoms with Gasteiger partial charge in [-0.25, -0.2) is 10.2 Å². The van der Waals surface area contributed by atoms with Crippen LogP contribution in [-0.2, 0) is 16.0 Å². The maximum absolute atomic E-state index is 11.6. The molecule has 0 fully saturated rings. The number of nitrogens with zero attached hydrogens (tertiary/aromatic N) is 1. The van der Waals surface area contributed by atoms with Gasteiger partial charge in [0.05, 0.1) is 6.61 Å². The van der Waals surface area contributed by atoms with E-state index in [1.807, 2.05) is 18.2 Å². The van der Waals surface area contributed by atoms with E-state index in [4.69, 9.17) is 4.74 Å². The first-order chi connectivity index (χ1) is 10.6. The molecule has 3 amide bonds. The highest BCUT2D eigenvalue weighted by molar-refractivity contribution is 5.83. The minimum absolute atomic E-state index is 0.411. The first kappa shape index (κ1) is 17.6. The van der Waals surface area contributed by atoms with Gasteiger partial charge in [-0.15, -0.1) is 6.58 Å². The highest BCUT2D eigenvalue weighted by Crippen LogP contribution is 1.93. The average molecular weight is 306 g/mol. The number of carbonyl (C=O) groups excluding carboxylic acids is 2. The summed E-state index contributed by atoms with van der Waals surface area (Å²) in [7, 11) is 0. The fourth-order valence-electron chi connectivity index (χ4n) is 1.52. The van der Waals surface area contributed by atoms with E-state index in [1.165, 1.54) is 0 Å². The Morgan fingerprint density at radius 2 is 2.23 bits per heavy atom. The molecule has 0 saturated carbocycles. The number of amides is 3. The van der Waals surface area contributed by atoms with Gasteiger partial charge in [0.15, 0.2) is 0 Å². The van der Waals surface area contributed by atoms with Crippen LogP contribution in [0.5, 0.6) is 0 Å². The topological polar surface area (TPSA) is 92.4 Å². The van der Waals surface area contributed by atoms with Crippen molar-refractivity contribution in [1.29, 1.82) is 0 Å². The summed E-state index contributed by atoms with van der Waals surface area (Å²) in [5.74, 6) is -0.413. The standard InChI is InChI=1S/C15H22N4O3/c1-3-4-11-22-12(2)14(20)18-19-15(21)17-10-8-13-7-5-6-9-16-13/h3,5-7,9,12H,1,4,8,10-11H2,2H3,(H,18,20)(H2,17,19,21). The second kappa shape index (κ2) is 10.3. The van der Waals surface area contributed by atoms with Crippen LogP contribution in [0.25, 0.3) is 0 Å². The van der Waals surface area contributed by atoms with Crippen molar-refractivity contribution in [2.75, 3.05) is 13.2 Å². The van der Waals surface area contributed by atoms with Gasteiger partial charge in [0.25, 0.3) is 5.91 Å². The normalized spacial score (nSPS) is 11.3. The van der Waals surface area contributed by atoms with Gasteiger partial charge in [0.1, 0.15) is 6.10 Å². The van der Waals surface area contributed by atoms with Gasteiger partial charge < -0.3 is 10.1 Å². The highest BCUT2D eigenvalue weighted by atomic mass is 16.5. The fraction of sp³-hybridized carbons (Fsp3) is 0.400. The molecule has 0 aliphatic rings. The predicted octanol–water partition coefficient (Wildman–Crippen LogP) is 0.936. The lowest BCUT2D eigenvalue weighted by atomic mass is 10.3. The molecule has 0 spiro atoms. The van der Waals surface area contributed by atoms with Crippen molar-refractivity contribution < 1.29 is 14.3 Å². The Morgan fingerprint density at radius 3 is 2.91 bits per heavy atom. The van der Waals surface area contributed by atoms with E-state index >= 15 is 0 Å². The molecule has 1 aromatic rings. The van der Waals surface area contributed by atoms with Gasteiger partial charge in [-0.05, 0) is 25.5 Å². The van der Waals surface area contributed by atoms with Crippen LogP contribution in [0.3, 0.4) is 0 Å². The van der Waals surface area contributed by atoms with Gasteiger partial charge in [-0.1, -0.05) is 12.1 Å². The summed E-state index contributed by atoms with van der Waals surface area (Å²) in [5.41, 5.74) is 5.45. The van der Waals surface area contributed by atoms with E-state index < -0.39 is 18.0 Å². The monoisotopic (exact) mass is 306 g/mol. The molecule has 0 bridgehead atoms. The molecule has 1 heterocycles. The smallest absolute Gasteiger partial charge is 0.333 e. The fourth-order valence-corrected chi connectivity index (χ4v) is 1.52. The van der Waals surface area contributed by atoms with Crippen LogP contribution in [0.2, 0.25) is 0 Å². The van der Waals surface area contributed by atoms with E-state index in [1.54, 1.807) is 19.2 Å². The molecule has 0 saturated heterocycles. The van der Waals surface area contributed by atoms with Crippen LogP contribution in [0, 0.1) is 0 Å². The zero-order valence-electron chi connectivity index (χ0n) is 12.7. The number of aromatic nitrogens is 1. The molecule has 0 aromatic carbocycles. The zero-order chi connectivity index (χ0) is 16.2. The number of rotatable bonds is 8. The van der Waals surface area contributed by atoms with Gasteiger partial charge in [-0.3, -0.25) is 15.2 Å². The summed E-state index contributed by atoms with van der Waals surface area (Å²) >= 11 is 0. The SMILES string of the molecule is C=CCCOC(C)C(=O)NNC(=O)NCCc1ccccn1. The summed E-state index contributed by atoms with van der Waals surface area (Å²) in [5, 5.41) is 2.62. The summed E-state index contributed by atoms with van der Waals surface area (Å²) in [6.45, 7) is 6.00. The Morgan fingerprint density at radius 1 is 1.41 bits per heavy atom. The minimum Gasteiger partial charge on any atom is -0.368 e. The molecule has 7 nitrogen and oxygen atoms in total.